The van der Waals surface area contributed by atoms with Gasteiger partial charge in [0.2, 0.25) is 0 Å². The van der Waals surface area contributed by atoms with Crippen molar-refractivity contribution < 1.29 is 4.79 Å². The fourth-order valence-electron chi connectivity index (χ4n) is 4.24. The zero-order chi connectivity index (χ0) is 18.0. The van der Waals surface area contributed by atoms with Gasteiger partial charge in [0.25, 0.3) is 5.91 Å². The topological polar surface area (TPSA) is 20.3 Å². The van der Waals surface area contributed by atoms with Crippen molar-refractivity contribution in [2.24, 2.45) is 0 Å². The summed E-state index contributed by atoms with van der Waals surface area (Å²) < 4.78 is 0. The van der Waals surface area contributed by atoms with Gasteiger partial charge in [-0.2, -0.15) is 0 Å². The molecule has 3 aromatic rings. The molecule has 0 N–H and O–H groups in total. The lowest BCUT2D eigenvalue weighted by Gasteiger charge is -2.31. The van der Waals surface area contributed by atoms with Gasteiger partial charge in [-0.3, -0.25) is 4.79 Å². The smallest absolute Gasteiger partial charge is 0.254 e. The second-order valence-corrected chi connectivity index (χ2v) is 7.17. The highest BCUT2D eigenvalue weighted by Gasteiger charge is 2.46. The van der Waals surface area contributed by atoms with E-state index < -0.39 is 0 Å². The number of hydrogen-bond acceptors (Lipinski definition) is 1. The van der Waals surface area contributed by atoms with Crippen LogP contribution < -0.4 is 0 Å². The van der Waals surface area contributed by atoms with Gasteiger partial charge in [-0.15, -0.1) is 0 Å². The summed E-state index contributed by atoms with van der Waals surface area (Å²) in [6, 6.07) is 31.0. The monoisotopic (exact) mass is 341 g/mol. The fraction of sp³-hybridized carbons (Fsp3) is 0.208. The van der Waals surface area contributed by atoms with Crippen LogP contribution >= 0.6 is 0 Å². The van der Waals surface area contributed by atoms with E-state index >= 15 is 0 Å². The summed E-state index contributed by atoms with van der Waals surface area (Å²) in [6.45, 7) is 2.87. The molecule has 1 fully saturated rings. The summed E-state index contributed by atoms with van der Waals surface area (Å²) in [5.74, 6) is 0.117. The Kier molecular flexibility index (Phi) is 4.34. The number of likely N-dealkylation sites (tertiary alicyclic amines) is 1. The molecular weight excluding hydrogens is 318 g/mol. The maximum absolute atomic E-state index is 13.1. The van der Waals surface area contributed by atoms with Crippen LogP contribution in [0.3, 0.4) is 0 Å². The molecule has 1 aliphatic rings. The van der Waals surface area contributed by atoms with E-state index in [2.05, 4.69) is 55.5 Å². The Hall–Kier alpha value is -2.87. The van der Waals surface area contributed by atoms with Crippen molar-refractivity contribution in [1.29, 1.82) is 0 Å². The van der Waals surface area contributed by atoms with E-state index in [1.807, 2.05) is 47.4 Å². The first-order valence-electron chi connectivity index (χ1n) is 9.18. The van der Waals surface area contributed by atoms with Crippen molar-refractivity contribution in [3.8, 4) is 0 Å². The van der Waals surface area contributed by atoms with E-state index in [0.717, 1.165) is 12.0 Å². The van der Waals surface area contributed by atoms with E-state index in [1.165, 1.54) is 11.1 Å². The van der Waals surface area contributed by atoms with E-state index in [-0.39, 0.29) is 17.4 Å². The quantitative estimate of drug-likeness (QED) is 0.663. The van der Waals surface area contributed by atoms with Crippen LogP contribution in [-0.2, 0) is 5.41 Å². The van der Waals surface area contributed by atoms with E-state index in [4.69, 9.17) is 0 Å². The fourth-order valence-corrected chi connectivity index (χ4v) is 4.24. The predicted molar refractivity (Wildman–Crippen MR) is 105 cm³/mol. The van der Waals surface area contributed by atoms with Crippen molar-refractivity contribution in [1.82, 2.24) is 4.90 Å². The third-order valence-electron chi connectivity index (χ3n) is 5.55. The molecule has 1 amide bonds. The highest BCUT2D eigenvalue weighted by molar-refractivity contribution is 5.94. The number of rotatable bonds is 3. The Labute approximate surface area is 155 Å². The summed E-state index contributed by atoms with van der Waals surface area (Å²) in [4.78, 5) is 15.2. The Morgan fingerprint density at radius 3 is 1.77 bits per heavy atom. The highest BCUT2D eigenvalue weighted by Crippen LogP contribution is 2.43. The molecule has 0 spiro atoms. The van der Waals surface area contributed by atoms with E-state index in [0.29, 0.717) is 6.54 Å². The molecule has 3 aromatic carbocycles. The van der Waals surface area contributed by atoms with Gasteiger partial charge < -0.3 is 4.90 Å². The normalized spacial score (nSPS) is 18.7. The van der Waals surface area contributed by atoms with E-state index in [9.17, 15) is 4.79 Å². The third kappa shape index (κ3) is 2.82. The van der Waals surface area contributed by atoms with Crippen LogP contribution in [0, 0.1) is 0 Å². The molecular formula is C24H23NO. The molecule has 1 saturated heterocycles. The minimum absolute atomic E-state index is 0.117. The SMILES string of the molecule is CC1CC(c2ccccc2)(c2ccccc2)CN1C(=O)c1ccccc1. The van der Waals surface area contributed by atoms with Gasteiger partial charge in [-0.1, -0.05) is 78.9 Å². The van der Waals surface area contributed by atoms with Gasteiger partial charge in [-0.25, -0.2) is 0 Å². The largest absolute Gasteiger partial charge is 0.335 e. The minimum Gasteiger partial charge on any atom is -0.335 e. The van der Waals surface area contributed by atoms with Crippen LogP contribution in [0.2, 0.25) is 0 Å². The highest BCUT2D eigenvalue weighted by atomic mass is 16.2. The number of nitrogens with zero attached hydrogens (tertiary/aromatic N) is 1. The first-order chi connectivity index (χ1) is 12.7. The third-order valence-corrected chi connectivity index (χ3v) is 5.55. The summed E-state index contributed by atoms with van der Waals surface area (Å²) in [5, 5.41) is 0. The molecule has 0 saturated carbocycles. The van der Waals surface area contributed by atoms with Crippen LogP contribution in [0.5, 0.6) is 0 Å². The van der Waals surface area contributed by atoms with Crippen molar-refractivity contribution in [3.05, 3.63) is 108 Å². The standard InChI is InChI=1S/C24H23NO/c1-19-17-24(21-13-7-3-8-14-21,22-15-9-4-10-16-22)18-25(19)23(26)20-11-5-2-6-12-20/h2-16,19H,17-18H2,1H3. The first-order valence-corrected chi connectivity index (χ1v) is 9.18. The zero-order valence-electron chi connectivity index (χ0n) is 15.0. The van der Waals surface area contributed by atoms with Crippen LogP contribution in [0.1, 0.15) is 34.8 Å². The lowest BCUT2D eigenvalue weighted by molar-refractivity contribution is 0.0742. The second-order valence-electron chi connectivity index (χ2n) is 7.17. The molecule has 130 valence electrons. The average molecular weight is 341 g/mol. The molecule has 2 heteroatoms. The molecule has 0 aliphatic carbocycles. The van der Waals surface area contributed by atoms with Gasteiger partial charge >= 0.3 is 0 Å². The average Bonchev–Trinajstić information content (AvgIpc) is 3.08. The summed E-state index contributed by atoms with van der Waals surface area (Å²) in [6.07, 6.45) is 0.930. The Morgan fingerprint density at radius 1 is 0.808 bits per heavy atom. The maximum Gasteiger partial charge on any atom is 0.254 e. The van der Waals surface area contributed by atoms with Crippen molar-refractivity contribution in [2.75, 3.05) is 6.54 Å². The van der Waals surface area contributed by atoms with Gasteiger partial charge in [0.1, 0.15) is 0 Å². The maximum atomic E-state index is 13.1. The Morgan fingerprint density at radius 2 is 1.27 bits per heavy atom. The molecule has 1 unspecified atom stereocenters. The second kappa shape index (κ2) is 6.80. The number of hydrogen-bond donors (Lipinski definition) is 0. The van der Waals surface area contributed by atoms with Gasteiger partial charge in [0, 0.05) is 23.6 Å². The van der Waals surface area contributed by atoms with Crippen LogP contribution in [0.4, 0.5) is 0 Å². The minimum atomic E-state index is -0.160. The molecule has 0 radical (unpaired) electrons. The number of carbonyl (C=O) groups excluding carboxylic acids is 1. The molecule has 0 aromatic heterocycles. The molecule has 0 bridgehead atoms. The summed E-state index contributed by atoms with van der Waals surface area (Å²) >= 11 is 0. The molecule has 2 nitrogen and oxygen atoms in total. The lowest BCUT2D eigenvalue weighted by atomic mass is 9.73. The predicted octanol–water partition coefficient (Wildman–Crippen LogP) is 4.91. The number of amides is 1. The molecule has 1 atom stereocenters. The molecule has 1 aliphatic heterocycles. The first kappa shape index (κ1) is 16.6. The van der Waals surface area contributed by atoms with Crippen molar-refractivity contribution >= 4 is 5.91 Å². The molecule has 26 heavy (non-hydrogen) atoms. The van der Waals surface area contributed by atoms with Gasteiger partial charge in [-0.05, 0) is 36.6 Å². The summed E-state index contributed by atoms with van der Waals surface area (Å²) in [7, 11) is 0. The number of carbonyl (C=O) groups is 1. The van der Waals surface area contributed by atoms with Crippen LogP contribution in [0.25, 0.3) is 0 Å². The zero-order valence-corrected chi connectivity index (χ0v) is 15.0. The lowest BCUT2D eigenvalue weighted by Crippen LogP contribution is -2.37. The van der Waals surface area contributed by atoms with Crippen LogP contribution in [-0.4, -0.2) is 23.4 Å². The summed E-state index contributed by atoms with van der Waals surface area (Å²) in [5.41, 5.74) is 3.16. The number of benzene rings is 3. The van der Waals surface area contributed by atoms with Gasteiger partial charge in [0.05, 0.1) is 0 Å². The van der Waals surface area contributed by atoms with Gasteiger partial charge in [0.15, 0.2) is 0 Å². The van der Waals surface area contributed by atoms with E-state index in [1.54, 1.807) is 0 Å². The van der Waals surface area contributed by atoms with Crippen molar-refractivity contribution in [3.63, 3.8) is 0 Å². The Bertz CT molecular complexity index is 834. The van der Waals surface area contributed by atoms with Crippen molar-refractivity contribution in [2.45, 2.75) is 24.8 Å². The Balaban J connectivity index is 1.76. The molecule has 4 rings (SSSR count). The molecule has 1 heterocycles. The van der Waals surface area contributed by atoms with Crippen LogP contribution in [0.15, 0.2) is 91.0 Å².